The Kier molecular flexibility index (Phi) is 4.24. The second-order valence-corrected chi connectivity index (χ2v) is 5.69. The van der Waals surface area contributed by atoms with Gasteiger partial charge in [0.05, 0.1) is 0 Å². The van der Waals surface area contributed by atoms with Crippen LogP contribution in [-0.2, 0) is 11.2 Å². The highest BCUT2D eigenvalue weighted by molar-refractivity contribution is 6.30. The van der Waals surface area contributed by atoms with E-state index in [0.29, 0.717) is 36.1 Å². The fourth-order valence-corrected chi connectivity index (χ4v) is 2.32. The summed E-state index contributed by atoms with van der Waals surface area (Å²) < 4.78 is 5.11. The van der Waals surface area contributed by atoms with Crippen LogP contribution in [0.5, 0.6) is 0 Å². The molecule has 0 saturated heterocycles. The van der Waals surface area contributed by atoms with Crippen molar-refractivity contribution in [1.82, 2.24) is 15.5 Å². The summed E-state index contributed by atoms with van der Waals surface area (Å²) in [5, 5.41) is 17.6. The number of nitro groups is 1. The third-order valence-electron chi connectivity index (χ3n) is 3.57. The standard InChI is InChI=1S/C14H13ClN4O4/c15-9-3-1-8(2-4-9)13-17-12(23-18-13)5-6-16-14(20)10-7-11(10)19(21)22/h1-4,10-11H,5-7H2,(H,16,20). The molecule has 9 heteroatoms. The molecule has 1 aromatic heterocycles. The lowest BCUT2D eigenvalue weighted by atomic mass is 10.2. The Bertz CT molecular complexity index is 731. The van der Waals surface area contributed by atoms with Crippen molar-refractivity contribution in [2.45, 2.75) is 18.9 Å². The summed E-state index contributed by atoms with van der Waals surface area (Å²) in [5.41, 5.74) is 0.778. The number of carbonyl (C=O) groups is 1. The van der Waals surface area contributed by atoms with Crippen LogP contribution >= 0.6 is 11.6 Å². The van der Waals surface area contributed by atoms with E-state index in [9.17, 15) is 14.9 Å². The minimum absolute atomic E-state index is 0.294. The summed E-state index contributed by atoms with van der Waals surface area (Å²) in [6.45, 7) is 0.294. The fraction of sp³-hybridized carbons (Fsp3) is 0.357. The quantitative estimate of drug-likeness (QED) is 0.635. The van der Waals surface area contributed by atoms with E-state index in [0.717, 1.165) is 5.56 Å². The number of halogens is 1. The van der Waals surface area contributed by atoms with Gasteiger partial charge in [0, 0.05) is 34.9 Å². The van der Waals surface area contributed by atoms with Gasteiger partial charge in [-0.2, -0.15) is 4.98 Å². The number of hydrogen-bond donors (Lipinski definition) is 1. The number of nitrogens with zero attached hydrogens (tertiary/aromatic N) is 3. The summed E-state index contributed by atoms with van der Waals surface area (Å²) in [6.07, 6.45) is 0.669. The number of benzene rings is 1. The minimum Gasteiger partial charge on any atom is -0.355 e. The molecule has 23 heavy (non-hydrogen) atoms. The van der Waals surface area contributed by atoms with Crippen molar-refractivity contribution in [2.24, 2.45) is 5.92 Å². The van der Waals surface area contributed by atoms with E-state index in [4.69, 9.17) is 16.1 Å². The van der Waals surface area contributed by atoms with Crippen LogP contribution in [0.3, 0.4) is 0 Å². The van der Waals surface area contributed by atoms with Crippen LogP contribution in [0.2, 0.25) is 5.02 Å². The molecule has 8 nitrogen and oxygen atoms in total. The van der Waals surface area contributed by atoms with E-state index < -0.39 is 16.9 Å². The molecule has 1 aliphatic rings. The third kappa shape index (κ3) is 3.65. The first kappa shape index (κ1) is 15.4. The Morgan fingerprint density at radius 2 is 2.17 bits per heavy atom. The number of hydrogen-bond acceptors (Lipinski definition) is 6. The van der Waals surface area contributed by atoms with Gasteiger partial charge in [-0.25, -0.2) is 0 Å². The first-order valence-corrected chi connectivity index (χ1v) is 7.42. The maximum atomic E-state index is 11.7. The smallest absolute Gasteiger partial charge is 0.230 e. The molecule has 1 saturated carbocycles. The van der Waals surface area contributed by atoms with Gasteiger partial charge in [-0.1, -0.05) is 16.8 Å². The molecule has 2 unspecified atom stereocenters. The van der Waals surface area contributed by atoms with Crippen LogP contribution < -0.4 is 5.32 Å². The van der Waals surface area contributed by atoms with Gasteiger partial charge in [-0.3, -0.25) is 14.9 Å². The first-order valence-electron chi connectivity index (χ1n) is 7.04. The first-order chi connectivity index (χ1) is 11.0. The lowest BCUT2D eigenvalue weighted by molar-refractivity contribution is -0.497. The number of amides is 1. The van der Waals surface area contributed by atoms with Crippen molar-refractivity contribution in [2.75, 3.05) is 6.54 Å². The Hall–Kier alpha value is -2.48. The molecule has 1 aliphatic carbocycles. The van der Waals surface area contributed by atoms with Crippen molar-refractivity contribution in [1.29, 1.82) is 0 Å². The monoisotopic (exact) mass is 336 g/mol. The van der Waals surface area contributed by atoms with Crippen LogP contribution in [0.15, 0.2) is 28.8 Å². The van der Waals surface area contributed by atoms with Crippen LogP contribution in [0.25, 0.3) is 11.4 Å². The number of aromatic nitrogens is 2. The molecule has 1 heterocycles. The maximum absolute atomic E-state index is 11.7. The second-order valence-electron chi connectivity index (χ2n) is 5.25. The average Bonchev–Trinajstić information content (AvgIpc) is 3.21. The van der Waals surface area contributed by atoms with Crippen LogP contribution in [-0.4, -0.2) is 33.6 Å². The Labute approximate surface area is 136 Å². The largest absolute Gasteiger partial charge is 0.355 e. The number of carbonyl (C=O) groups excluding carboxylic acids is 1. The van der Waals surface area contributed by atoms with Crippen molar-refractivity contribution in [3.8, 4) is 11.4 Å². The topological polar surface area (TPSA) is 111 Å². The molecule has 1 fully saturated rings. The molecule has 1 N–H and O–H groups in total. The van der Waals surface area contributed by atoms with Gasteiger partial charge in [0.15, 0.2) is 0 Å². The lowest BCUT2D eigenvalue weighted by Crippen LogP contribution is -2.29. The number of rotatable bonds is 6. The molecule has 2 atom stereocenters. The maximum Gasteiger partial charge on any atom is 0.230 e. The van der Waals surface area contributed by atoms with Gasteiger partial charge in [-0.15, -0.1) is 0 Å². The van der Waals surface area contributed by atoms with Gasteiger partial charge in [0.25, 0.3) is 0 Å². The van der Waals surface area contributed by atoms with Gasteiger partial charge in [-0.05, 0) is 24.3 Å². The predicted octanol–water partition coefficient (Wildman–Crippen LogP) is 1.71. The van der Waals surface area contributed by atoms with Crippen molar-refractivity contribution < 1.29 is 14.2 Å². The van der Waals surface area contributed by atoms with Gasteiger partial charge < -0.3 is 9.84 Å². The van der Waals surface area contributed by atoms with Crippen LogP contribution in [0, 0.1) is 16.0 Å². The minimum atomic E-state index is -0.741. The van der Waals surface area contributed by atoms with E-state index >= 15 is 0 Å². The molecule has 120 valence electrons. The van der Waals surface area contributed by atoms with Gasteiger partial charge in [0.2, 0.25) is 23.7 Å². The summed E-state index contributed by atoms with van der Waals surface area (Å²) in [6, 6.07) is 6.28. The fourth-order valence-electron chi connectivity index (χ4n) is 2.19. The summed E-state index contributed by atoms with van der Waals surface area (Å²) in [4.78, 5) is 26.0. The molecule has 0 radical (unpaired) electrons. The molecule has 0 spiro atoms. The highest BCUT2D eigenvalue weighted by atomic mass is 35.5. The van der Waals surface area contributed by atoms with E-state index in [1.54, 1.807) is 24.3 Å². The molecule has 1 amide bonds. The Morgan fingerprint density at radius 3 is 2.83 bits per heavy atom. The highest BCUT2D eigenvalue weighted by Gasteiger charge is 2.53. The second kappa shape index (κ2) is 6.33. The lowest BCUT2D eigenvalue weighted by Gasteiger charge is -2.00. The summed E-state index contributed by atoms with van der Waals surface area (Å²) in [5.74, 6) is 0.0110. The van der Waals surface area contributed by atoms with Crippen molar-refractivity contribution in [3.63, 3.8) is 0 Å². The Morgan fingerprint density at radius 1 is 1.43 bits per heavy atom. The van der Waals surface area contributed by atoms with Crippen LogP contribution in [0.1, 0.15) is 12.3 Å². The Balaban J connectivity index is 1.49. The summed E-state index contributed by atoms with van der Waals surface area (Å²) in [7, 11) is 0. The van der Waals surface area contributed by atoms with E-state index in [2.05, 4.69) is 15.5 Å². The predicted molar refractivity (Wildman–Crippen MR) is 80.3 cm³/mol. The zero-order valence-corrected chi connectivity index (χ0v) is 12.7. The highest BCUT2D eigenvalue weighted by Crippen LogP contribution is 2.32. The molecule has 1 aromatic carbocycles. The van der Waals surface area contributed by atoms with Crippen molar-refractivity contribution >= 4 is 17.5 Å². The normalized spacial score (nSPS) is 19.3. The SMILES string of the molecule is O=C(NCCc1nc(-c2ccc(Cl)cc2)no1)C1CC1[N+](=O)[O-]. The molecule has 3 rings (SSSR count). The van der Waals surface area contributed by atoms with Crippen LogP contribution in [0.4, 0.5) is 0 Å². The third-order valence-corrected chi connectivity index (χ3v) is 3.82. The molecule has 0 aliphatic heterocycles. The molecular formula is C14H13ClN4O4. The van der Waals surface area contributed by atoms with Gasteiger partial charge >= 0.3 is 0 Å². The number of nitrogens with one attached hydrogen (secondary N) is 1. The van der Waals surface area contributed by atoms with Crippen molar-refractivity contribution in [3.05, 3.63) is 45.3 Å². The average molecular weight is 337 g/mol. The summed E-state index contributed by atoms with van der Waals surface area (Å²) >= 11 is 5.82. The zero-order valence-electron chi connectivity index (χ0n) is 11.9. The molecule has 0 bridgehead atoms. The van der Waals surface area contributed by atoms with E-state index in [1.807, 2.05) is 0 Å². The van der Waals surface area contributed by atoms with Gasteiger partial charge in [0.1, 0.15) is 5.92 Å². The molecule has 2 aromatic rings. The van der Waals surface area contributed by atoms with E-state index in [1.165, 1.54) is 0 Å². The zero-order chi connectivity index (χ0) is 16.4. The molecular weight excluding hydrogens is 324 g/mol. The van der Waals surface area contributed by atoms with E-state index in [-0.39, 0.29) is 5.91 Å².